The quantitative estimate of drug-likeness (QED) is 0.807. The number of rotatable bonds is 4. The zero-order valence-electron chi connectivity index (χ0n) is 8.02. The lowest BCUT2D eigenvalue weighted by Gasteiger charge is -2.07. The van der Waals surface area contributed by atoms with Gasteiger partial charge in [-0.3, -0.25) is 0 Å². The molecule has 1 aromatic rings. The van der Waals surface area contributed by atoms with Gasteiger partial charge < -0.3 is 10.5 Å². The fraction of sp³-hybridized carbons (Fsp3) is 0.400. The van der Waals surface area contributed by atoms with Crippen molar-refractivity contribution in [2.75, 3.05) is 13.2 Å². The average Bonchev–Trinajstić information content (AvgIpc) is 2.12. The van der Waals surface area contributed by atoms with E-state index in [0.717, 1.165) is 0 Å². The molecule has 0 atom stereocenters. The van der Waals surface area contributed by atoms with Gasteiger partial charge in [-0.25, -0.2) is 8.78 Å². The van der Waals surface area contributed by atoms with E-state index in [-0.39, 0.29) is 12.4 Å². The molecule has 4 heteroatoms. The van der Waals surface area contributed by atoms with E-state index in [1.165, 1.54) is 12.1 Å². The molecule has 0 radical (unpaired) electrons. The summed E-state index contributed by atoms with van der Waals surface area (Å²) in [6, 6.07) is 2.50. The van der Waals surface area contributed by atoms with Crippen LogP contribution in [-0.2, 0) is 6.42 Å². The Morgan fingerprint density at radius 2 is 1.86 bits per heavy atom. The molecule has 78 valence electrons. The first-order valence-corrected chi connectivity index (χ1v) is 4.49. The Bertz CT molecular complexity index is 292. The van der Waals surface area contributed by atoms with E-state index < -0.39 is 11.6 Å². The van der Waals surface area contributed by atoms with Crippen LogP contribution in [0.5, 0.6) is 5.75 Å². The van der Waals surface area contributed by atoms with Crippen molar-refractivity contribution in [1.82, 2.24) is 0 Å². The van der Waals surface area contributed by atoms with Gasteiger partial charge in [-0.05, 0) is 37.6 Å². The first-order chi connectivity index (χ1) is 6.69. The molecule has 0 amide bonds. The van der Waals surface area contributed by atoms with E-state index in [0.29, 0.717) is 18.5 Å². The minimum atomic E-state index is -0.671. The molecule has 14 heavy (non-hydrogen) atoms. The van der Waals surface area contributed by atoms with Crippen LogP contribution in [0.4, 0.5) is 8.78 Å². The Kier molecular flexibility index (Phi) is 3.83. The maximum absolute atomic E-state index is 13.2. The van der Waals surface area contributed by atoms with Gasteiger partial charge in [0, 0.05) is 0 Å². The minimum absolute atomic E-state index is 0.240. The molecule has 0 saturated carbocycles. The summed E-state index contributed by atoms with van der Waals surface area (Å²) >= 11 is 0. The Hall–Kier alpha value is -1.16. The number of halogens is 2. The van der Waals surface area contributed by atoms with E-state index >= 15 is 0 Å². The fourth-order valence-electron chi connectivity index (χ4n) is 1.21. The predicted octanol–water partition coefficient (Wildman–Crippen LogP) is 1.86. The molecule has 0 aliphatic rings. The molecular weight excluding hydrogens is 188 g/mol. The van der Waals surface area contributed by atoms with Crippen LogP contribution in [0.1, 0.15) is 12.5 Å². The number of benzene rings is 1. The molecule has 2 nitrogen and oxygen atoms in total. The lowest BCUT2D eigenvalue weighted by molar-refractivity contribution is 0.302. The van der Waals surface area contributed by atoms with E-state index in [4.69, 9.17) is 10.5 Å². The Morgan fingerprint density at radius 1 is 1.29 bits per heavy atom. The van der Waals surface area contributed by atoms with E-state index in [2.05, 4.69) is 0 Å². The molecular formula is C10H13F2NO. The molecule has 2 N–H and O–H groups in total. The summed E-state index contributed by atoms with van der Waals surface area (Å²) < 4.78 is 31.3. The third-order valence-electron chi connectivity index (χ3n) is 1.78. The highest BCUT2D eigenvalue weighted by Crippen LogP contribution is 2.23. The van der Waals surface area contributed by atoms with Gasteiger partial charge in [0.2, 0.25) is 0 Å². The largest absolute Gasteiger partial charge is 0.488 e. The molecule has 0 bridgehead atoms. The Labute approximate surface area is 81.7 Å². The monoisotopic (exact) mass is 201 g/mol. The zero-order chi connectivity index (χ0) is 10.6. The summed E-state index contributed by atoms with van der Waals surface area (Å²) in [4.78, 5) is 0. The zero-order valence-corrected chi connectivity index (χ0v) is 8.02. The number of ether oxygens (including phenoxy) is 1. The van der Waals surface area contributed by atoms with Crippen LogP contribution >= 0.6 is 0 Å². The summed E-state index contributed by atoms with van der Waals surface area (Å²) in [5.41, 5.74) is 5.83. The molecule has 0 aliphatic carbocycles. The van der Waals surface area contributed by atoms with Crippen molar-refractivity contribution in [3.05, 3.63) is 29.3 Å². The topological polar surface area (TPSA) is 35.2 Å². The normalized spacial score (nSPS) is 10.3. The minimum Gasteiger partial charge on any atom is -0.488 e. The van der Waals surface area contributed by atoms with Gasteiger partial charge in [0.15, 0.2) is 17.4 Å². The highest BCUT2D eigenvalue weighted by atomic mass is 19.1. The third kappa shape index (κ3) is 2.42. The van der Waals surface area contributed by atoms with Crippen molar-refractivity contribution >= 4 is 0 Å². The Morgan fingerprint density at radius 3 is 2.29 bits per heavy atom. The lowest BCUT2D eigenvalue weighted by atomic mass is 10.1. The predicted molar refractivity (Wildman–Crippen MR) is 50.3 cm³/mol. The molecule has 0 heterocycles. The fourth-order valence-corrected chi connectivity index (χ4v) is 1.21. The van der Waals surface area contributed by atoms with Crippen LogP contribution in [0, 0.1) is 11.6 Å². The van der Waals surface area contributed by atoms with Crippen LogP contribution < -0.4 is 10.5 Å². The summed E-state index contributed by atoms with van der Waals surface area (Å²) in [5, 5.41) is 0. The molecule has 1 rings (SSSR count). The van der Waals surface area contributed by atoms with Crippen LogP contribution in [0.2, 0.25) is 0 Å². The van der Waals surface area contributed by atoms with E-state index in [9.17, 15) is 8.78 Å². The average molecular weight is 201 g/mol. The van der Waals surface area contributed by atoms with E-state index in [1.54, 1.807) is 6.92 Å². The molecule has 0 unspecified atom stereocenters. The maximum atomic E-state index is 13.2. The third-order valence-corrected chi connectivity index (χ3v) is 1.78. The smallest absolute Gasteiger partial charge is 0.190 e. The van der Waals surface area contributed by atoms with Gasteiger partial charge in [0.05, 0.1) is 6.61 Å². The summed E-state index contributed by atoms with van der Waals surface area (Å²) in [5.74, 6) is -1.65. The van der Waals surface area contributed by atoms with Crippen LogP contribution in [-0.4, -0.2) is 13.2 Å². The number of hydrogen-bond acceptors (Lipinski definition) is 2. The van der Waals surface area contributed by atoms with Gasteiger partial charge in [-0.2, -0.15) is 0 Å². The summed E-state index contributed by atoms with van der Waals surface area (Å²) in [7, 11) is 0. The highest BCUT2D eigenvalue weighted by Gasteiger charge is 2.11. The SMILES string of the molecule is CCOc1c(F)cc(CCN)cc1F. The van der Waals surface area contributed by atoms with Gasteiger partial charge in [-0.1, -0.05) is 0 Å². The van der Waals surface area contributed by atoms with Gasteiger partial charge >= 0.3 is 0 Å². The van der Waals surface area contributed by atoms with Crippen molar-refractivity contribution in [2.24, 2.45) is 5.73 Å². The van der Waals surface area contributed by atoms with Crippen molar-refractivity contribution in [3.63, 3.8) is 0 Å². The second kappa shape index (κ2) is 4.91. The van der Waals surface area contributed by atoms with Gasteiger partial charge in [0.25, 0.3) is 0 Å². The molecule has 0 spiro atoms. The Balaban J connectivity index is 2.98. The van der Waals surface area contributed by atoms with Crippen molar-refractivity contribution < 1.29 is 13.5 Å². The standard InChI is InChI=1S/C10H13F2NO/c1-2-14-10-8(11)5-7(3-4-13)6-9(10)12/h5-6H,2-4,13H2,1H3. The first-order valence-electron chi connectivity index (χ1n) is 4.49. The van der Waals surface area contributed by atoms with Crippen LogP contribution in [0.3, 0.4) is 0 Å². The molecule has 1 aromatic carbocycles. The highest BCUT2D eigenvalue weighted by molar-refractivity contribution is 5.31. The molecule has 0 aliphatic heterocycles. The second-order valence-electron chi connectivity index (χ2n) is 2.86. The number of hydrogen-bond donors (Lipinski definition) is 1. The van der Waals surface area contributed by atoms with Crippen LogP contribution in [0.25, 0.3) is 0 Å². The summed E-state index contributed by atoms with van der Waals surface area (Å²) in [6.45, 7) is 2.28. The van der Waals surface area contributed by atoms with Crippen LogP contribution in [0.15, 0.2) is 12.1 Å². The molecule has 0 aromatic heterocycles. The lowest BCUT2D eigenvalue weighted by Crippen LogP contribution is -2.05. The van der Waals surface area contributed by atoms with Gasteiger partial charge in [-0.15, -0.1) is 0 Å². The van der Waals surface area contributed by atoms with Gasteiger partial charge in [0.1, 0.15) is 0 Å². The van der Waals surface area contributed by atoms with Crippen molar-refractivity contribution in [1.29, 1.82) is 0 Å². The molecule has 0 fully saturated rings. The first kappa shape index (κ1) is 10.9. The second-order valence-corrected chi connectivity index (χ2v) is 2.86. The molecule has 0 saturated heterocycles. The number of nitrogens with two attached hydrogens (primary N) is 1. The van der Waals surface area contributed by atoms with E-state index in [1.807, 2.05) is 0 Å². The summed E-state index contributed by atoms with van der Waals surface area (Å²) in [6.07, 6.45) is 0.459. The maximum Gasteiger partial charge on any atom is 0.190 e. The van der Waals surface area contributed by atoms with Crippen molar-refractivity contribution in [3.8, 4) is 5.75 Å². The van der Waals surface area contributed by atoms with Crippen molar-refractivity contribution in [2.45, 2.75) is 13.3 Å².